The zero-order valence-corrected chi connectivity index (χ0v) is 23.2. The summed E-state index contributed by atoms with van der Waals surface area (Å²) in [5, 5.41) is 7.04. The molecule has 6 nitrogen and oxygen atoms in total. The lowest BCUT2D eigenvalue weighted by Gasteiger charge is -2.17. The maximum atomic E-state index is 12.9. The summed E-state index contributed by atoms with van der Waals surface area (Å²) < 4.78 is 17.5. The molecule has 0 aliphatic heterocycles. The van der Waals surface area contributed by atoms with Gasteiger partial charge in [-0.25, -0.2) is 5.43 Å². The molecular weight excluding hydrogens is 535 g/mol. The van der Waals surface area contributed by atoms with Crippen LogP contribution in [-0.2, 0) is 13.0 Å². The summed E-state index contributed by atoms with van der Waals surface area (Å²) >= 11 is 12.2. The van der Waals surface area contributed by atoms with Gasteiger partial charge in [0.15, 0.2) is 11.5 Å². The predicted molar refractivity (Wildman–Crippen MR) is 158 cm³/mol. The van der Waals surface area contributed by atoms with Gasteiger partial charge in [-0.1, -0.05) is 59.6 Å². The summed E-state index contributed by atoms with van der Waals surface area (Å²) in [5.74, 6) is 1.24. The normalized spacial score (nSPS) is 11.0. The van der Waals surface area contributed by atoms with Gasteiger partial charge in [-0.2, -0.15) is 5.10 Å². The molecule has 0 unspecified atom stereocenters. The van der Waals surface area contributed by atoms with E-state index in [-0.39, 0.29) is 12.5 Å². The molecule has 0 aromatic heterocycles. The molecule has 1 N–H and O–H groups in total. The summed E-state index contributed by atoms with van der Waals surface area (Å²) in [6.07, 6.45) is 3.88. The van der Waals surface area contributed by atoms with Crippen LogP contribution in [0.4, 0.5) is 0 Å². The lowest BCUT2D eigenvalue weighted by atomic mass is 10.1. The molecule has 0 atom stereocenters. The van der Waals surface area contributed by atoms with Crippen molar-refractivity contribution < 1.29 is 19.0 Å². The molecule has 4 aromatic carbocycles. The van der Waals surface area contributed by atoms with Crippen molar-refractivity contribution in [3.8, 4) is 17.2 Å². The smallest absolute Gasteiger partial charge is 0.275 e. The largest absolute Gasteiger partial charge is 0.496 e. The average Bonchev–Trinajstić information content (AvgIpc) is 2.94. The summed E-state index contributed by atoms with van der Waals surface area (Å²) in [6, 6.07) is 20.5. The van der Waals surface area contributed by atoms with Gasteiger partial charge in [0.25, 0.3) is 5.91 Å². The number of hydrogen-bond acceptors (Lipinski definition) is 5. The van der Waals surface area contributed by atoms with Crippen LogP contribution in [-0.4, -0.2) is 25.8 Å². The Hall–Kier alpha value is -4.00. The van der Waals surface area contributed by atoms with Crippen LogP contribution in [0, 0.1) is 0 Å². The Morgan fingerprint density at radius 1 is 0.974 bits per heavy atom. The number of carbonyl (C=O) groups is 1. The highest BCUT2D eigenvalue weighted by Crippen LogP contribution is 2.35. The number of rotatable bonds is 11. The fourth-order valence-electron chi connectivity index (χ4n) is 4.07. The number of halogens is 2. The molecule has 0 spiro atoms. The minimum Gasteiger partial charge on any atom is -0.496 e. The number of nitrogens with zero attached hydrogens (tertiary/aromatic N) is 1. The standard InChI is InChI=1S/C31H28Cl2N2O4/c1-4-8-24-13-21(15-29(38-5-2)30(24)39-19-20-11-12-26(32)27(33)14-20)18-34-35-31(36)25-16-22-9-6-7-10-23(22)17-28(25)37-3/h4,6-7,9-18H,1,5,8,19H2,2-3H3,(H,35,36)/b34-18-. The van der Waals surface area contributed by atoms with E-state index in [2.05, 4.69) is 17.1 Å². The quantitative estimate of drug-likeness (QED) is 0.116. The van der Waals surface area contributed by atoms with Crippen LogP contribution in [0.15, 0.2) is 84.5 Å². The second kappa shape index (κ2) is 13.2. The van der Waals surface area contributed by atoms with E-state index in [1.807, 2.05) is 55.5 Å². The van der Waals surface area contributed by atoms with E-state index in [9.17, 15) is 4.79 Å². The number of allylic oxidation sites excluding steroid dienone is 1. The van der Waals surface area contributed by atoms with Gasteiger partial charge in [-0.15, -0.1) is 6.58 Å². The van der Waals surface area contributed by atoms with Gasteiger partial charge < -0.3 is 14.2 Å². The first-order chi connectivity index (χ1) is 18.9. The Morgan fingerprint density at radius 2 is 1.74 bits per heavy atom. The van der Waals surface area contributed by atoms with E-state index >= 15 is 0 Å². The number of carbonyl (C=O) groups excluding carboxylic acids is 1. The first-order valence-corrected chi connectivity index (χ1v) is 13.1. The van der Waals surface area contributed by atoms with Crippen molar-refractivity contribution in [3.63, 3.8) is 0 Å². The fourth-order valence-corrected chi connectivity index (χ4v) is 4.39. The molecule has 200 valence electrons. The summed E-state index contributed by atoms with van der Waals surface area (Å²) in [7, 11) is 1.53. The molecular formula is C31H28Cl2N2O4. The van der Waals surface area contributed by atoms with Crippen LogP contribution < -0.4 is 19.6 Å². The zero-order valence-electron chi connectivity index (χ0n) is 21.7. The van der Waals surface area contributed by atoms with Gasteiger partial charge in [0.1, 0.15) is 12.4 Å². The van der Waals surface area contributed by atoms with Crippen LogP contribution in [0.1, 0.15) is 34.0 Å². The lowest BCUT2D eigenvalue weighted by molar-refractivity contribution is 0.0952. The SMILES string of the molecule is C=CCc1cc(/C=N\NC(=O)c2cc3ccccc3cc2OC)cc(OCC)c1OCc1ccc(Cl)c(Cl)c1. The summed E-state index contributed by atoms with van der Waals surface area (Å²) in [6.45, 7) is 6.48. The Balaban J connectivity index is 1.56. The van der Waals surface area contributed by atoms with Gasteiger partial charge in [0.05, 0.1) is 35.5 Å². The summed E-state index contributed by atoms with van der Waals surface area (Å²) in [4.78, 5) is 12.9. The maximum absolute atomic E-state index is 12.9. The average molecular weight is 563 g/mol. The monoisotopic (exact) mass is 562 g/mol. The second-order valence-corrected chi connectivity index (χ2v) is 9.38. The predicted octanol–water partition coefficient (Wildman–Crippen LogP) is 7.63. The molecule has 0 fully saturated rings. The third-order valence-electron chi connectivity index (χ3n) is 5.88. The van der Waals surface area contributed by atoms with E-state index < -0.39 is 0 Å². The molecule has 0 aliphatic rings. The molecule has 0 aliphatic carbocycles. The Labute approximate surface area is 237 Å². The third-order valence-corrected chi connectivity index (χ3v) is 6.62. The van der Waals surface area contributed by atoms with E-state index in [0.717, 1.165) is 27.5 Å². The number of benzene rings is 4. The van der Waals surface area contributed by atoms with Crippen molar-refractivity contribution in [2.45, 2.75) is 20.0 Å². The number of ether oxygens (including phenoxy) is 3. The number of fused-ring (bicyclic) bond motifs is 1. The van der Waals surface area contributed by atoms with Crippen molar-refractivity contribution in [3.05, 3.63) is 112 Å². The lowest BCUT2D eigenvalue weighted by Crippen LogP contribution is -2.18. The van der Waals surface area contributed by atoms with E-state index in [0.29, 0.717) is 45.9 Å². The first-order valence-electron chi connectivity index (χ1n) is 12.3. The number of hydrazone groups is 1. The fraction of sp³-hybridized carbons (Fsp3) is 0.161. The van der Waals surface area contributed by atoms with Crippen molar-refractivity contribution >= 4 is 46.1 Å². The minimum atomic E-state index is -0.383. The topological polar surface area (TPSA) is 69.2 Å². The molecule has 8 heteroatoms. The van der Waals surface area contributed by atoms with Crippen LogP contribution in [0.3, 0.4) is 0 Å². The molecule has 0 saturated heterocycles. The highest BCUT2D eigenvalue weighted by molar-refractivity contribution is 6.42. The Morgan fingerprint density at radius 3 is 2.44 bits per heavy atom. The van der Waals surface area contributed by atoms with Gasteiger partial charge in [-0.3, -0.25) is 4.79 Å². The second-order valence-electron chi connectivity index (χ2n) is 8.57. The van der Waals surface area contributed by atoms with Crippen molar-refractivity contribution in [1.29, 1.82) is 0 Å². The Bertz CT molecular complexity index is 1540. The van der Waals surface area contributed by atoms with Crippen LogP contribution in [0.2, 0.25) is 10.0 Å². The number of amides is 1. The molecule has 0 heterocycles. The number of hydrogen-bond donors (Lipinski definition) is 1. The zero-order chi connectivity index (χ0) is 27.8. The molecule has 0 saturated carbocycles. The maximum Gasteiger partial charge on any atom is 0.275 e. The molecule has 0 radical (unpaired) electrons. The first kappa shape index (κ1) is 28.0. The minimum absolute atomic E-state index is 0.276. The van der Waals surface area contributed by atoms with Crippen LogP contribution in [0.25, 0.3) is 10.8 Å². The van der Waals surface area contributed by atoms with Gasteiger partial charge in [0.2, 0.25) is 0 Å². The molecule has 1 amide bonds. The van der Waals surface area contributed by atoms with Crippen molar-refractivity contribution in [2.75, 3.05) is 13.7 Å². The highest BCUT2D eigenvalue weighted by Gasteiger charge is 2.15. The number of methoxy groups -OCH3 is 1. The van der Waals surface area contributed by atoms with Gasteiger partial charge in [0, 0.05) is 5.56 Å². The molecule has 4 rings (SSSR count). The van der Waals surface area contributed by atoms with Gasteiger partial charge >= 0.3 is 0 Å². The van der Waals surface area contributed by atoms with Crippen molar-refractivity contribution in [2.24, 2.45) is 5.10 Å². The van der Waals surface area contributed by atoms with Crippen LogP contribution in [0.5, 0.6) is 17.2 Å². The van der Waals surface area contributed by atoms with Gasteiger partial charge in [-0.05, 0) is 71.6 Å². The summed E-state index contributed by atoms with van der Waals surface area (Å²) in [5.41, 5.74) is 5.44. The number of nitrogens with one attached hydrogen (secondary N) is 1. The van der Waals surface area contributed by atoms with E-state index in [4.69, 9.17) is 37.4 Å². The van der Waals surface area contributed by atoms with E-state index in [1.54, 1.807) is 30.5 Å². The van der Waals surface area contributed by atoms with Crippen LogP contribution >= 0.6 is 23.2 Å². The molecule has 0 bridgehead atoms. The third kappa shape index (κ3) is 6.91. The molecule has 4 aromatic rings. The molecule has 39 heavy (non-hydrogen) atoms. The van der Waals surface area contributed by atoms with E-state index in [1.165, 1.54) is 7.11 Å². The van der Waals surface area contributed by atoms with Crippen molar-refractivity contribution in [1.82, 2.24) is 5.43 Å². The Kier molecular flexibility index (Phi) is 9.47. The highest BCUT2D eigenvalue weighted by atomic mass is 35.5.